The van der Waals surface area contributed by atoms with Crippen LogP contribution in [0.25, 0.3) is 0 Å². The Morgan fingerprint density at radius 3 is 2.45 bits per heavy atom. The number of benzene rings is 3. The summed E-state index contributed by atoms with van der Waals surface area (Å²) in [7, 11) is 0. The summed E-state index contributed by atoms with van der Waals surface area (Å²) in [6.07, 6.45) is 0.812. The van der Waals surface area contributed by atoms with Crippen LogP contribution >= 0.6 is 0 Å². The lowest BCUT2D eigenvalue weighted by Crippen LogP contribution is -2.33. The zero-order chi connectivity index (χ0) is 20.1. The molecular formula is C24H21NO4. The molecule has 0 bridgehead atoms. The highest BCUT2D eigenvalue weighted by Gasteiger charge is 2.25. The first-order chi connectivity index (χ1) is 14.2. The number of carbonyl (C=O) groups is 2. The van der Waals surface area contributed by atoms with Gasteiger partial charge in [0.2, 0.25) is 0 Å². The topological polar surface area (TPSA) is 55.8 Å². The standard InChI is InChI=1S/C24H21NO4/c26-23(25-15-14-19-10-4-6-12-21(19)25)17-29-24(27)20-11-5-7-13-22(20)28-16-18-8-2-1-3-9-18/h1-13H,14-17H2. The summed E-state index contributed by atoms with van der Waals surface area (Å²) in [6, 6.07) is 24.4. The van der Waals surface area contributed by atoms with E-state index in [0.29, 0.717) is 24.5 Å². The van der Waals surface area contributed by atoms with Gasteiger partial charge in [-0.25, -0.2) is 4.79 Å². The van der Waals surface area contributed by atoms with E-state index in [9.17, 15) is 9.59 Å². The van der Waals surface area contributed by atoms with Crippen LogP contribution in [0.3, 0.4) is 0 Å². The van der Waals surface area contributed by atoms with Crippen molar-refractivity contribution in [1.29, 1.82) is 0 Å². The van der Waals surface area contributed by atoms with Crippen LogP contribution in [0.5, 0.6) is 5.75 Å². The van der Waals surface area contributed by atoms with Gasteiger partial charge in [-0.15, -0.1) is 0 Å². The molecule has 1 aliphatic rings. The first-order valence-corrected chi connectivity index (χ1v) is 9.53. The summed E-state index contributed by atoms with van der Waals surface area (Å²) in [4.78, 5) is 26.8. The lowest BCUT2D eigenvalue weighted by atomic mass is 10.2. The van der Waals surface area contributed by atoms with Crippen molar-refractivity contribution < 1.29 is 19.1 Å². The van der Waals surface area contributed by atoms with E-state index in [2.05, 4.69) is 0 Å². The Labute approximate surface area is 169 Å². The molecule has 0 atom stereocenters. The van der Waals surface area contributed by atoms with Crippen LogP contribution < -0.4 is 9.64 Å². The highest BCUT2D eigenvalue weighted by molar-refractivity contribution is 5.99. The Morgan fingerprint density at radius 1 is 0.862 bits per heavy atom. The van der Waals surface area contributed by atoms with Crippen molar-refractivity contribution in [2.45, 2.75) is 13.0 Å². The maximum Gasteiger partial charge on any atom is 0.342 e. The lowest BCUT2D eigenvalue weighted by Gasteiger charge is -2.17. The second kappa shape index (κ2) is 8.61. The SMILES string of the molecule is O=C(OCC(=O)N1CCc2ccccc21)c1ccccc1OCc1ccccc1. The van der Waals surface area contributed by atoms with Gasteiger partial charge in [0.25, 0.3) is 5.91 Å². The molecule has 0 N–H and O–H groups in total. The van der Waals surface area contributed by atoms with Gasteiger partial charge in [-0.2, -0.15) is 0 Å². The lowest BCUT2D eigenvalue weighted by molar-refractivity contribution is -0.121. The summed E-state index contributed by atoms with van der Waals surface area (Å²) >= 11 is 0. The second-order valence-corrected chi connectivity index (χ2v) is 6.77. The van der Waals surface area contributed by atoms with Crippen molar-refractivity contribution in [3.8, 4) is 5.75 Å². The monoisotopic (exact) mass is 387 g/mol. The average Bonchev–Trinajstić information content (AvgIpc) is 3.21. The molecule has 3 aromatic carbocycles. The van der Waals surface area contributed by atoms with E-state index in [4.69, 9.17) is 9.47 Å². The number of esters is 1. The smallest absolute Gasteiger partial charge is 0.342 e. The highest BCUT2D eigenvalue weighted by atomic mass is 16.5. The summed E-state index contributed by atoms with van der Waals surface area (Å²) in [6.45, 7) is 0.640. The van der Waals surface area contributed by atoms with Crippen LogP contribution in [0.4, 0.5) is 5.69 Å². The zero-order valence-corrected chi connectivity index (χ0v) is 15.9. The van der Waals surface area contributed by atoms with Crippen molar-refractivity contribution in [2.75, 3.05) is 18.1 Å². The number of nitrogens with zero attached hydrogens (tertiary/aromatic N) is 1. The average molecular weight is 387 g/mol. The normalized spacial score (nSPS) is 12.3. The molecule has 29 heavy (non-hydrogen) atoms. The van der Waals surface area contributed by atoms with Crippen LogP contribution in [-0.4, -0.2) is 25.0 Å². The van der Waals surface area contributed by atoms with Gasteiger partial charge in [-0.05, 0) is 35.7 Å². The number of ether oxygens (including phenoxy) is 2. The number of anilines is 1. The fourth-order valence-corrected chi connectivity index (χ4v) is 3.38. The van der Waals surface area contributed by atoms with E-state index in [0.717, 1.165) is 23.2 Å². The minimum atomic E-state index is -0.575. The number of hydrogen-bond donors (Lipinski definition) is 0. The Bertz CT molecular complexity index is 1020. The van der Waals surface area contributed by atoms with Gasteiger partial charge in [0.05, 0.1) is 0 Å². The van der Waals surface area contributed by atoms with E-state index >= 15 is 0 Å². The molecule has 0 fully saturated rings. The van der Waals surface area contributed by atoms with E-state index in [1.807, 2.05) is 54.6 Å². The number of rotatable bonds is 6. The molecule has 4 rings (SSSR count). The van der Waals surface area contributed by atoms with Gasteiger partial charge in [-0.1, -0.05) is 60.7 Å². The largest absolute Gasteiger partial charge is 0.488 e. The van der Waals surface area contributed by atoms with Crippen molar-refractivity contribution in [3.63, 3.8) is 0 Å². The zero-order valence-electron chi connectivity index (χ0n) is 15.9. The molecule has 0 unspecified atom stereocenters. The number of amides is 1. The molecule has 0 spiro atoms. The third-order valence-corrected chi connectivity index (χ3v) is 4.86. The first-order valence-electron chi connectivity index (χ1n) is 9.53. The molecule has 5 heteroatoms. The molecule has 5 nitrogen and oxygen atoms in total. The number of hydrogen-bond acceptors (Lipinski definition) is 4. The minimum Gasteiger partial charge on any atom is -0.488 e. The van der Waals surface area contributed by atoms with Crippen LogP contribution in [0, 0.1) is 0 Å². The highest BCUT2D eigenvalue weighted by Crippen LogP contribution is 2.27. The molecule has 1 aliphatic heterocycles. The third kappa shape index (κ3) is 4.29. The quantitative estimate of drug-likeness (QED) is 0.600. The fraction of sp³-hybridized carbons (Fsp3) is 0.167. The van der Waals surface area contributed by atoms with Gasteiger partial charge >= 0.3 is 5.97 Å². The molecule has 146 valence electrons. The van der Waals surface area contributed by atoms with E-state index < -0.39 is 5.97 Å². The molecule has 1 amide bonds. The molecular weight excluding hydrogens is 366 g/mol. The Morgan fingerprint density at radius 2 is 1.59 bits per heavy atom. The van der Waals surface area contributed by atoms with Gasteiger partial charge < -0.3 is 14.4 Å². The maximum absolute atomic E-state index is 12.6. The number of para-hydroxylation sites is 2. The Hall–Kier alpha value is -3.60. The van der Waals surface area contributed by atoms with Gasteiger partial charge in [0.1, 0.15) is 17.9 Å². The summed E-state index contributed by atoms with van der Waals surface area (Å²) in [5.41, 5.74) is 3.32. The predicted molar refractivity (Wildman–Crippen MR) is 110 cm³/mol. The molecule has 0 radical (unpaired) electrons. The van der Waals surface area contributed by atoms with E-state index in [1.54, 1.807) is 29.2 Å². The minimum absolute atomic E-state index is 0.231. The molecule has 0 saturated heterocycles. The molecule has 3 aromatic rings. The molecule has 0 aromatic heterocycles. The molecule has 0 saturated carbocycles. The van der Waals surface area contributed by atoms with Gasteiger partial charge in [0, 0.05) is 12.2 Å². The van der Waals surface area contributed by atoms with Crippen molar-refractivity contribution in [1.82, 2.24) is 0 Å². The predicted octanol–water partition coefficient (Wildman–Crippen LogP) is 4.01. The van der Waals surface area contributed by atoms with E-state index in [1.165, 1.54) is 0 Å². The van der Waals surface area contributed by atoms with Crippen molar-refractivity contribution >= 4 is 17.6 Å². The van der Waals surface area contributed by atoms with Crippen LogP contribution in [-0.2, 0) is 22.6 Å². The van der Waals surface area contributed by atoms with Crippen LogP contribution in [0.2, 0.25) is 0 Å². The second-order valence-electron chi connectivity index (χ2n) is 6.77. The summed E-state index contributed by atoms with van der Waals surface area (Å²) in [5.74, 6) is -0.374. The molecule has 0 aliphatic carbocycles. The first kappa shape index (κ1) is 18.7. The number of carbonyl (C=O) groups excluding carboxylic acids is 2. The summed E-state index contributed by atoms with van der Waals surface area (Å²) < 4.78 is 11.1. The van der Waals surface area contributed by atoms with Crippen molar-refractivity contribution in [2.24, 2.45) is 0 Å². The van der Waals surface area contributed by atoms with Crippen LogP contribution in [0.1, 0.15) is 21.5 Å². The summed E-state index contributed by atoms with van der Waals surface area (Å²) in [5, 5.41) is 0. The molecule has 1 heterocycles. The van der Waals surface area contributed by atoms with Gasteiger partial charge in [-0.3, -0.25) is 4.79 Å². The van der Waals surface area contributed by atoms with Crippen LogP contribution in [0.15, 0.2) is 78.9 Å². The van der Waals surface area contributed by atoms with E-state index in [-0.39, 0.29) is 12.5 Å². The van der Waals surface area contributed by atoms with Crippen molar-refractivity contribution in [3.05, 3.63) is 95.6 Å². The third-order valence-electron chi connectivity index (χ3n) is 4.86. The Kier molecular flexibility index (Phi) is 5.56. The Balaban J connectivity index is 1.38. The fourth-order valence-electron chi connectivity index (χ4n) is 3.38. The maximum atomic E-state index is 12.6. The van der Waals surface area contributed by atoms with Gasteiger partial charge in [0.15, 0.2) is 6.61 Å². The number of fused-ring (bicyclic) bond motifs is 1.